The summed E-state index contributed by atoms with van der Waals surface area (Å²) in [6, 6.07) is 17.8. The molecule has 2 aromatic carbocycles. The lowest BCUT2D eigenvalue weighted by Gasteiger charge is -2.07. The number of oxazole rings is 1. The first-order valence-electron chi connectivity index (χ1n) is 8.49. The topological polar surface area (TPSA) is 81.2 Å². The van der Waals surface area contributed by atoms with Crippen LogP contribution in [0.1, 0.15) is 10.6 Å². The maximum absolute atomic E-state index is 12.6. The van der Waals surface area contributed by atoms with E-state index in [1.54, 1.807) is 48.7 Å². The second-order valence-corrected chi connectivity index (χ2v) is 6.55. The molecular formula is C21H12ClN3O3. The summed E-state index contributed by atoms with van der Waals surface area (Å²) < 4.78 is 11.3. The van der Waals surface area contributed by atoms with Gasteiger partial charge in [0.1, 0.15) is 5.58 Å². The monoisotopic (exact) mass is 389 g/mol. The number of anilines is 1. The number of hydrogen-bond donors (Lipinski definition) is 1. The Bertz CT molecular complexity index is 1270. The number of carbonyl (C=O) groups excluding carboxylic acids is 1. The molecule has 0 aliphatic rings. The van der Waals surface area contributed by atoms with Crippen LogP contribution < -0.4 is 5.32 Å². The maximum Gasteiger partial charge on any atom is 0.291 e. The minimum atomic E-state index is -0.394. The Labute approximate surface area is 163 Å². The second-order valence-electron chi connectivity index (χ2n) is 6.14. The highest BCUT2D eigenvalue weighted by Gasteiger charge is 2.16. The summed E-state index contributed by atoms with van der Waals surface area (Å²) in [7, 11) is 0. The third-order valence-electron chi connectivity index (χ3n) is 4.28. The molecule has 136 valence electrons. The van der Waals surface area contributed by atoms with E-state index in [1.807, 2.05) is 18.2 Å². The summed E-state index contributed by atoms with van der Waals surface area (Å²) in [5.74, 6) is 0.202. The van der Waals surface area contributed by atoms with E-state index in [2.05, 4.69) is 15.3 Å². The summed E-state index contributed by atoms with van der Waals surface area (Å²) in [6.07, 6.45) is 1.65. The quantitative estimate of drug-likeness (QED) is 0.438. The Kier molecular flexibility index (Phi) is 3.84. The molecular weight excluding hydrogens is 378 g/mol. The number of fused-ring (bicyclic) bond motifs is 2. The number of nitrogens with one attached hydrogen (secondary N) is 1. The van der Waals surface area contributed by atoms with Crippen LogP contribution in [0.3, 0.4) is 0 Å². The van der Waals surface area contributed by atoms with Gasteiger partial charge in [0.2, 0.25) is 5.89 Å². The molecule has 0 fully saturated rings. The fraction of sp³-hybridized carbons (Fsp3) is 0. The van der Waals surface area contributed by atoms with Crippen LogP contribution >= 0.6 is 11.6 Å². The highest BCUT2D eigenvalue weighted by molar-refractivity contribution is 6.34. The minimum absolute atomic E-state index is 0.203. The van der Waals surface area contributed by atoms with Gasteiger partial charge >= 0.3 is 0 Å². The molecule has 3 aromatic heterocycles. The minimum Gasteiger partial charge on any atom is -0.451 e. The summed E-state index contributed by atoms with van der Waals surface area (Å²) in [5, 5.41) is 4.03. The van der Waals surface area contributed by atoms with Crippen LogP contribution in [0, 0.1) is 0 Å². The summed E-state index contributed by atoms with van der Waals surface area (Å²) >= 11 is 6.26. The normalized spacial score (nSPS) is 11.2. The number of halogens is 1. The zero-order chi connectivity index (χ0) is 19.1. The first kappa shape index (κ1) is 16.5. The van der Waals surface area contributed by atoms with Crippen molar-refractivity contribution in [3.8, 4) is 11.5 Å². The van der Waals surface area contributed by atoms with Crippen molar-refractivity contribution in [1.82, 2.24) is 9.97 Å². The average molecular weight is 390 g/mol. The predicted molar refractivity (Wildman–Crippen MR) is 106 cm³/mol. The van der Waals surface area contributed by atoms with Crippen molar-refractivity contribution in [1.29, 1.82) is 0 Å². The number of aromatic nitrogens is 2. The number of pyridine rings is 1. The number of benzene rings is 2. The van der Waals surface area contributed by atoms with E-state index >= 15 is 0 Å². The van der Waals surface area contributed by atoms with Gasteiger partial charge in [0.05, 0.1) is 10.7 Å². The van der Waals surface area contributed by atoms with Gasteiger partial charge in [-0.2, -0.15) is 4.98 Å². The van der Waals surface area contributed by atoms with Crippen LogP contribution in [0.4, 0.5) is 5.69 Å². The molecule has 0 aliphatic heterocycles. The van der Waals surface area contributed by atoms with E-state index in [-0.39, 0.29) is 5.76 Å². The molecule has 0 saturated heterocycles. The van der Waals surface area contributed by atoms with E-state index in [1.165, 1.54) is 0 Å². The lowest BCUT2D eigenvalue weighted by atomic mass is 10.2. The Balaban J connectivity index is 1.47. The third kappa shape index (κ3) is 2.90. The molecule has 0 bridgehead atoms. The van der Waals surface area contributed by atoms with Crippen molar-refractivity contribution in [3.63, 3.8) is 0 Å². The van der Waals surface area contributed by atoms with Gasteiger partial charge < -0.3 is 14.2 Å². The van der Waals surface area contributed by atoms with E-state index < -0.39 is 5.91 Å². The van der Waals surface area contributed by atoms with E-state index in [0.717, 1.165) is 5.39 Å². The van der Waals surface area contributed by atoms with Gasteiger partial charge in [-0.05, 0) is 42.5 Å². The molecule has 0 saturated carbocycles. The molecule has 1 N–H and O–H groups in total. The first-order chi connectivity index (χ1) is 13.7. The van der Waals surface area contributed by atoms with E-state index in [4.69, 9.17) is 20.4 Å². The Morgan fingerprint density at radius 3 is 2.68 bits per heavy atom. The Morgan fingerprint density at radius 1 is 0.964 bits per heavy atom. The summed E-state index contributed by atoms with van der Waals surface area (Å²) in [4.78, 5) is 21.1. The van der Waals surface area contributed by atoms with Gasteiger partial charge in [-0.25, -0.2) is 4.98 Å². The van der Waals surface area contributed by atoms with Crippen LogP contribution in [0.15, 0.2) is 75.7 Å². The van der Waals surface area contributed by atoms with Gasteiger partial charge in [0.15, 0.2) is 17.0 Å². The Morgan fingerprint density at radius 2 is 1.82 bits per heavy atom. The second kappa shape index (κ2) is 6.51. The van der Waals surface area contributed by atoms with Crippen molar-refractivity contribution in [2.45, 2.75) is 0 Å². The van der Waals surface area contributed by atoms with Gasteiger partial charge in [-0.3, -0.25) is 4.79 Å². The largest absolute Gasteiger partial charge is 0.451 e. The fourth-order valence-corrected chi connectivity index (χ4v) is 3.09. The van der Waals surface area contributed by atoms with Crippen LogP contribution in [-0.2, 0) is 0 Å². The van der Waals surface area contributed by atoms with Crippen LogP contribution in [0.2, 0.25) is 5.02 Å². The number of hydrogen-bond acceptors (Lipinski definition) is 5. The molecule has 0 unspecified atom stereocenters. The lowest BCUT2D eigenvalue weighted by molar-refractivity contribution is 0.0998. The van der Waals surface area contributed by atoms with Crippen molar-refractivity contribution < 1.29 is 13.6 Å². The zero-order valence-corrected chi connectivity index (χ0v) is 15.1. The number of carbonyl (C=O) groups is 1. The highest BCUT2D eigenvalue weighted by atomic mass is 35.5. The first-order valence-corrected chi connectivity index (χ1v) is 8.86. The molecule has 0 radical (unpaired) electrons. The van der Waals surface area contributed by atoms with Gasteiger partial charge in [0, 0.05) is 17.1 Å². The van der Waals surface area contributed by atoms with E-state index in [0.29, 0.717) is 39.0 Å². The standard InChI is InChI=1S/C21H12ClN3O3/c22-14-8-7-13(21-25-19-17(28-21)6-3-9-23-19)10-15(14)24-20(26)18-11-12-4-1-2-5-16(12)27-18/h1-11H,(H,24,26). The number of amides is 1. The third-order valence-corrected chi connectivity index (χ3v) is 4.61. The molecule has 5 rings (SSSR count). The average Bonchev–Trinajstić information content (AvgIpc) is 3.33. The van der Waals surface area contributed by atoms with Crippen LogP contribution in [0.25, 0.3) is 33.7 Å². The van der Waals surface area contributed by atoms with Crippen molar-refractivity contribution >= 4 is 45.4 Å². The van der Waals surface area contributed by atoms with Gasteiger partial charge in [0.25, 0.3) is 5.91 Å². The van der Waals surface area contributed by atoms with Crippen molar-refractivity contribution in [2.75, 3.05) is 5.32 Å². The molecule has 0 aliphatic carbocycles. The molecule has 7 heteroatoms. The van der Waals surface area contributed by atoms with E-state index in [9.17, 15) is 4.79 Å². The Hall–Kier alpha value is -3.64. The summed E-state index contributed by atoms with van der Waals surface area (Å²) in [6.45, 7) is 0. The van der Waals surface area contributed by atoms with Crippen LogP contribution in [-0.4, -0.2) is 15.9 Å². The van der Waals surface area contributed by atoms with Crippen LogP contribution in [0.5, 0.6) is 0 Å². The molecule has 5 aromatic rings. The molecule has 0 spiro atoms. The number of furan rings is 1. The lowest BCUT2D eigenvalue weighted by Crippen LogP contribution is -2.11. The maximum atomic E-state index is 12.6. The van der Waals surface area contributed by atoms with Crippen molar-refractivity contribution in [2.24, 2.45) is 0 Å². The SMILES string of the molecule is O=C(Nc1cc(-c2nc3ncccc3o2)ccc1Cl)c1cc2ccccc2o1. The zero-order valence-electron chi connectivity index (χ0n) is 14.3. The predicted octanol–water partition coefficient (Wildman–Crippen LogP) is 5.54. The molecule has 6 nitrogen and oxygen atoms in total. The number of nitrogens with zero attached hydrogens (tertiary/aromatic N) is 2. The molecule has 3 heterocycles. The molecule has 1 amide bonds. The molecule has 28 heavy (non-hydrogen) atoms. The fourth-order valence-electron chi connectivity index (χ4n) is 2.92. The van der Waals surface area contributed by atoms with Crippen molar-refractivity contribution in [3.05, 3.63) is 77.6 Å². The number of para-hydroxylation sites is 1. The summed E-state index contributed by atoms with van der Waals surface area (Å²) in [5.41, 5.74) is 2.84. The van der Waals surface area contributed by atoms with Gasteiger partial charge in [-0.1, -0.05) is 29.8 Å². The van der Waals surface area contributed by atoms with Gasteiger partial charge in [-0.15, -0.1) is 0 Å². The molecule has 0 atom stereocenters. The highest BCUT2D eigenvalue weighted by Crippen LogP contribution is 2.30. The smallest absolute Gasteiger partial charge is 0.291 e. The number of rotatable bonds is 3.